The summed E-state index contributed by atoms with van der Waals surface area (Å²) in [7, 11) is 0. The Labute approximate surface area is 102 Å². The summed E-state index contributed by atoms with van der Waals surface area (Å²) >= 11 is 17.5. The number of halogens is 3. The minimum atomic E-state index is 0.402. The second-order valence-corrected chi connectivity index (χ2v) is 4.12. The van der Waals surface area contributed by atoms with Crippen LogP contribution in [-0.4, -0.2) is 9.78 Å². The fraction of sp³-hybridized carbons (Fsp3) is 0.100. The molecule has 0 spiro atoms. The number of rotatable bonds is 2. The third-order valence-corrected chi connectivity index (χ3v) is 2.83. The van der Waals surface area contributed by atoms with Gasteiger partial charge in [-0.1, -0.05) is 29.3 Å². The Morgan fingerprint density at radius 2 is 2.07 bits per heavy atom. The highest BCUT2D eigenvalue weighted by Crippen LogP contribution is 2.22. The van der Waals surface area contributed by atoms with E-state index in [9.17, 15) is 0 Å². The van der Waals surface area contributed by atoms with Crippen LogP contribution in [0.3, 0.4) is 0 Å². The summed E-state index contributed by atoms with van der Waals surface area (Å²) < 4.78 is 1.66. The predicted molar refractivity (Wildman–Crippen MR) is 63.1 cm³/mol. The molecule has 0 saturated carbocycles. The number of hydrogen-bond acceptors (Lipinski definition) is 1. The molecule has 0 unspecified atom stereocenters. The average molecular weight is 262 g/mol. The maximum absolute atomic E-state index is 6.03. The molecule has 0 atom stereocenters. The number of aromatic nitrogens is 2. The molecular formula is C10H7Cl3N2. The third-order valence-electron chi connectivity index (χ3n) is 2.00. The van der Waals surface area contributed by atoms with E-state index in [-0.39, 0.29) is 0 Å². The van der Waals surface area contributed by atoms with Crippen LogP contribution in [0.15, 0.2) is 30.6 Å². The molecule has 0 N–H and O–H groups in total. The van der Waals surface area contributed by atoms with Gasteiger partial charge >= 0.3 is 0 Å². The van der Waals surface area contributed by atoms with Crippen molar-refractivity contribution in [3.05, 3.63) is 46.2 Å². The molecule has 0 aliphatic carbocycles. The standard InChI is InChI=1S/C10H7Cl3N2/c11-4-7-1-2-9(3-10(7)13)15-6-8(12)5-14-15/h1-3,5-6H,4H2. The van der Waals surface area contributed by atoms with E-state index in [0.29, 0.717) is 15.9 Å². The van der Waals surface area contributed by atoms with E-state index in [2.05, 4.69) is 5.10 Å². The van der Waals surface area contributed by atoms with Gasteiger partial charge in [0.05, 0.1) is 16.9 Å². The summed E-state index contributed by atoms with van der Waals surface area (Å²) in [5.41, 5.74) is 1.76. The second-order valence-electron chi connectivity index (χ2n) is 3.01. The fourth-order valence-electron chi connectivity index (χ4n) is 1.23. The molecule has 5 heteroatoms. The Bertz CT molecular complexity index is 479. The van der Waals surface area contributed by atoms with E-state index in [1.807, 2.05) is 18.2 Å². The monoisotopic (exact) mass is 260 g/mol. The number of benzene rings is 1. The van der Waals surface area contributed by atoms with Gasteiger partial charge in [-0.25, -0.2) is 4.68 Å². The van der Waals surface area contributed by atoms with Crippen LogP contribution in [0.25, 0.3) is 5.69 Å². The summed E-state index contributed by atoms with van der Waals surface area (Å²) in [5, 5.41) is 5.30. The SMILES string of the molecule is ClCc1ccc(-n2cc(Cl)cn2)cc1Cl. The van der Waals surface area contributed by atoms with Crippen LogP contribution in [0.5, 0.6) is 0 Å². The highest BCUT2D eigenvalue weighted by Gasteiger charge is 2.03. The highest BCUT2D eigenvalue weighted by molar-refractivity contribution is 6.32. The molecule has 1 aromatic carbocycles. The van der Waals surface area contributed by atoms with Crippen molar-refractivity contribution in [2.45, 2.75) is 5.88 Å². The van der Waals surface area contributed by atoms with Crippen molar-refractivity contribution >= 4 is 34.8 Å². The molecule has 0 aliphatic heterocycles. The van der Waals surface area contributed by atoms with Crippen LogP contribution < -0.4 is 0 Å². The molecule has 0 bridgehead atoms. The van der Waals surface area contributed by atoms with Crippen molar-refractivity contribution in [3.8, 4) is 5.69 Å². The fourth-order valence-corrected chi connectivity index (χ4v) is 1.91. The van der Waals surface area contributed by atoms with Gasteiger partial charge in [0.1, 0.15) is 0 Å². The van der Waals surface area contributed by atoms with Crippen molar-refractivity contribution in [2.24, 2.45) is 0 Å². The van der Waals surface area contributed by atoms with Gasteiger partial charge in [0.25, 0.3) is 0 Å². The molecule has 0 saturated heterocycles. The smallest absolute Gasteiger partial charge is 0.0790 e. The molecule has 0 radical (unpaired) electrons. The Kier molecular flexibility index (Phi) is 3.19. The zero-order chi connectivity index (χ0) is 10.8. The van der Waals surface area contributed by atoms with Gasteiger partial charge in [-0.05, 0) is 17.7 Å². The van der Waals surface area contributed by atoms with Gasteiger partial charge in [0, 0.05) is 17.1 Å². The van der Waals surface area contributed by atoms with Crippen molar-refractivity contribution < 1.29 is 0 Å². The molecular weight excluding hydrogens is 254 g/mol. The van der Waals surface area contributed by atoms with Gasteiger partial charge in [-0.2, -0.15) is 5.10 Å². The minimum absolute atomic E-state index is 0.402. The van der Waals surface area contributed by atoms with Gasteiger partial charge in [0.2, 0.25) is 0 Å². The van der Waals surface area contributed by atoms with Crippen LogP contribution in [0.1, 0.15) is 5.56 Å². The maximum Gasteiger partial charge on any atom is 0.0790 e. The Balaban J connectivity index is 2.42. The molecule has 2 aromatic rings. The van der Waals surface area contributed by atoms with Crippen molar-refractivity contribution in [1.82, 2.24) is 9.78 Å². The van der Waals surface area contributed by atoms with Crippen LogP contribution in [0.2, 0.25) is 10.0 Å². The van der Waals surface area contributed by atoms with E-state index in [4.69, 9.17) is 34.8 Å². The number of alkyl halides is 1. The lowest BCUT2D eigenvalue weighted by atomic mass is 10.2. The van der Waals surface area contributed by atoms with E-state index in [1.165, 1.54) is 0 Å². The average Bonchev–Trinajstić information content (AvgIpc) is 2.65. The quantitative estimate of drug-likeness (QED) is 0.749. The normalized spacial score (nSPS) is 10.6. The predicted octanol–water partition coefficient (Wildman–Crippen LogP) is 3.92. The van der Waals surface area contributed by atoms with Crippen LogP contribution in [-0.2, 0) is 5.88 Å². The minimum Gasteiger partial charge on any atom is -0.239 e. The van der Waals surface area contributed by atoms with Crippen LogP contribution >= 0.6 is 34.8 Å². The molecule has 0 fully saturated rings. The van der Waals surface area contributed by atoms with Gasteiger partial charge in [0.15, 0.2) is 0 Å². The van der Waals surface area contributed by atoms with Gasteiger partial charge in [-0.3, -0.25) is 0 Å². The summed E-state index contributed by atoms with van der Waals surface area (Å²) in [4.78, 5) is 0. The maximum atomic E-state index is 6.03. The van der Waals surface area contributed by atoms with Gasteiger partial charge < -0.3 is 0 Å². The van der Waals surface area contributed by atoms with Crippen molar-refractivity contribution in [3.63, 3.8) is 0 Å². The molecule has 0 aliphatic rings. The lowest BCUT2D eigenvalue weighted by molar-refractivity contribution is 0.880. The number of nitrogens with zero attached hydrogens (tertiary/aromatic N) is 2. The van der Waals surface area contributed by atoms with Crippen LogP contribution in [0.4, 0.5) is 0 Å². The molecule has 15 heavy (non-hydrogen) atoms. The Morgan fingerprint density at radius 1 is 1.27 bits per heavy atom. The van der Waals surface area contributed by atoms with Crippen molar-refractivity contribution in [2.75, 3.05) is 0 Å². The van der Waals surface area contributed by atoms with E-state index in [1.54, 1.807) is 17.1 Å². The molecule has 2 nitrogen and oxygen atoms in total. The first kappa shape index (κ1) is 10.8. The first-order valence-electron chi connectivity index (χ1n) is 4.25. The zero-order valence-corrected chi connectivity index (χ0v) is 9.89. The molecule has 0 amide bonds. The van der Waals surface area contributed by atoms with E-state index >= 15 is 0 Å². The Hall–Kier alpha value is -0.700. The second kappa shape index (κ2) is 4.44. The van der Waals surface area contributed by atoms with E-state index in [0.717, 1.165) is 11.3 Å². The van der Waals surface area contributed by atoms with E-state index < -0.39 is 0 Å². The molecule has 1 heterocycles. The topological polar surface area (TPSA) is 17.8 Å². The number of hydrogen-bond donors (Lipinski definition) is 0. The first-order chi connectivity index (χ1) is 7.20. The zero-order valence-electron chi connectivity index (χ0n) is 7.62. The molecule has 1 aromatic heterocycles. The largest absolute Gasteiger partial charge is 0.239 e. The van der Waals surface area contributed by atoms with Crippen molar-refractivity contribution in [1.29, 1.82) is 0 Å². The summed E-state index contributed by atoms with van der Waals surface area (Å²) in [6.45, 7) is 0. The summed E-state index contributed by atoms with van der Waals surface area (Å²) in [5.74, 6) is 0.402. The summed E-state index contributed by atoms with van der Waals surface area (Å²) in [6, 6.07) is 5.58. The third kappa shape index (κ3) is 2.28. The van der Waals surface area contributed by atoms with Gasteiger partial charge in [-0.15, -0.1) is 11.6 Å². The molecule has 2 rings (SSSR count). The lowest BCUT2D eigenvalue weighted by Crippen LogP contribution is -1.94. The Morgan fingerprint density at radius 3 is 2.60 bits per heavy atom. The first-order valence-corrected chi connectivity index (χ1v) is 5.54. The summed E-state index contributed by atoms with van der Waals surface area (Å²) in [6.07, 6.45) is 3.29. The molecule has 78 valence electrons. The van der Waals surface area contributed by atoms with Crippen LogP contribution in [0, 0.1) is 0 Å². The lowest BCUT2D eigenvalue weighted by Gasteiger charge is -2.04. The highest BCUT2D eigenvalue weighted by atomic mass is 35.5.